The van der Waals surface area contributed by atoms with Crippen LogP contribution in [0.15, 0.2) is 53.6 Å². The lowest BCUT2D eigenvalue weighted by Gasteiger charge is -2.10. The lowest BCUT2D eigenvalue weighted by atomic mass is 10.2. The maximum Gasteiger partial charge on any atom is 0.184 e. The third-order valence-corrected chi connectivity index (χ3v) is 4.05. The zero-order chi connectivity index (χ0) is 20.7. The van der Waals surface area contributed by atoms with Crippen LogP contribution in [0.1, 0.15) is 38.2 Å². The highest BCUT2D eigenvalue weighted by atomic mass is 32.1. The highest BCUT2D eigenvalue weighted by Crippen LogP contribution is 2.18. The van der Waals surface area contributed by atoms with Gasteiger partial charge < -0.3 is 19.9 Å². The predicted octanol–water partition coefficient (Wildman–Crippen LogP) is 4.27. The Hall–Kier alpha value is -2.80. The van der Waals surface area contributed by atoms with Crippen LogP contribution in [-0.4, -0.2) is 31.1 Å². The third-order valence-electron chi connectivity index (χ3n) is 3.96. The average molecular weight is 416 g/mol. The fourth-order valence-electron chi connectivity index (χ4n) is 2.53. The van der Waals surface area contributed by atoms with Gasteiger partial charge in [0.2, 0.25) is 0 Å². The van der Waals surface area contributed by atoms with E-state index in [0.717, 1.165) is 35.8 Å². The van der Waals surface area contributed by atoms with Gasteiger partial charge in [0.15, 0.2) is 5.11 Å². The normalized spacial score (nSPS) is 10.7. The Morgan fingerprint density at radius 3 is 2.24 bits per heavy atom. The fraction of sp³-hybridized carbons (Fsp3) is 0.364. The number of hydrazone groups is 1. The van der Waals surface area contributed by atoms with E-state index in [4.69, 9.17) is 32.2 Å². The van der Waals surface area contributed by atoms with E-state index in [1.54, 1.807) is 6.21 Å². The summed E-state index contributed by atoms with van der Waals surface area (Å²) < 4.78 is 17.2. The summed E-state index contributed by atoms with van der Waals surface area (Å²) in [7, 11) is 0. The van der Waals surface area contributed by atoms with Crippen molar-refractivity contribution in [2.24, 2.45) is 10.8 Å². The van der Waals surface area contributed by atoms with Crippen molar-refractivity contribution in [3.05, 3.63) is 54.1 Å². The van der Waals surface area contributed by atoms with Gasteiger partial charge in [0.05, 0.1) is 12.8 Å². The van der Waals surface area contributed by atoms with Gasteiger partial charge in [-0.05, 0) is 60.6 Å². The van der Waals surface area contributed by atoms with Crippen molar-refractivity contribution in [1.29, 1.82) is 0 Å². The molecule has 0 fully saturated rings. The maximum atomic E-state index is 5.73. The van der Waals surface area contributed by atoms with Crippen LogP contribution in [0.2, 0.25) is 0 Å². The molecule has 7 heteroatoms. The molecule has 0 amide bonds. The number of nitrogens with one attached hydrogen (secondary N) is 1. The molecule has 3 N–H and O–H groups in total. The Balaban J connectivity index is 1.67. The van der Waals surface area contributed by atoms with Gasteiger partial charge in [-0.1, -0.05) is 38.3 Å². The number of hydrogen-bond donors (Lipinski definition) is 2. The van der Waals surface area contributed by atoms with Crippen LogP contribution in [0.5, 0.6) is 17.2 Å². The van der Waals surface area contributed by atoms with Gasteiger partial charge in [0, 0.05) is 0 Å². The minimum atomic E-state index is 0.123. The Morgan fingerprint density at radius 2 is 1.59 bits per heavy atom. The number of thiocarbonyl (C=S) groups is 1. The van der Waals surface area contributed by atoms with Crippen molar-refractivity contribution in [2.75, 3.05) is 19.8 Å². The van der Waals surface area contributed by atoms with Crippen molar-refractivity contribution in [1.82, 2.24) is 5.43 Å². The lowest BCUT2D eigenvalue weighted by Crippen LogP contribution is -2.23. The van der Waals surface area contributed by atoms with Gasteiger partial charge in [-0.2, -0.15) is 5.10 Å². The molecule has 0 aliphatic heterocycles. The minimum absolute atomic E-state index is 0.123. The molecule has 2 rings (SSSR count). The highest BCUT2D eigenvalue weighted by molar-refractivity contribution is 7.80. The van der Waals surface area contributed by atoms with Crippen LogP contribution in [0, 0.1) is 0 Å². The van der Waals surface area contributed by atoms with Gasteiger partial charge in [0.1, 0.15) is 30.5 Å². The predicted molar refractivity (Wildman–Crippen MR) is 121 cm³/mol. The second-order valence-corrected chi connectivity index (χ2v) is 6.82. The van der Waals surface area contributed by atoms with Crippen molar-refractivity contribution >= 4 is 23.5 Å². The van der Waals surface area contributed by atoms with E-state index >= 15 is 0 Å². The Kier molecular flexibility index (Phi) is 10.4. The van der Waals surface area contributed by atoms with Crippen molar-refractivity contribution < 1.29 is 14.2 Å². The zero-order valence-electron chi connectivity index (χ0n) is 16.8. The van der Waals surface area contributed by atoms with E-state index in [1.165, 1.54) is 19.3 Å². The standard InChI is InChI=1S/C22H29N3O3S/c1-2-3-4-5-13-26-19-9-11-20(12-10-19)27-14-15-28-21-8-6-7-18(16-21)17-24-25-22(23)29/h6-12,16-17H,2-5,13-15H2,1H3,(H3,23,25,29)/b24-17-. The highest BCUT2D eigenvalue weighted by Gasteiger charge is 1.99. The van der Waals surface area contributed by atoms with Crippen LogP contribution < -0.4 is 25.4 Å². The van der Waals surface area contributed by atoms with E-state index < -0.39 is 0 Å². The van der Waals surface area contributed by atoms with Gasteiger partial charge in [0.25, 0.3) is 0 Å². The average Bonchev–Trinajstić information content (AvgIpc) is 2.72. The SMILES string of the molecule is CCCCCCOc1ccc(OCCOc2cccc(/C=N\NC(N)=S)c2)cc1. The molecular weight excluding hydrogens is 386 g/mol. The number of unbranched alkanes of at least 4 members (excludes halogenated alkanes) is 3. The number of benzene rings is 2. The first kappa shape index (κ1) is 22.5. The summed E-state index contributed by atoms with van der Waals surface area (Å²) in [5, 5.41) is 4.05. The van der Waals surface area contributed by atoms with E-state index in [1.807, 2.05) is 48.5 Å². The first-order valence-electron chi connectivity index (χ1n) is 9.84. The van der Waals surface area contributed by atoms with Crippen LogP contribution in [0.25, 0.3) is 0 Å². The summed E-state index contributed by atoms with van der Waals surface area (Å²) in [5.74, 6) is 2.39. The summed E-state index contributed by atoms with van der Waals surface area (Å²) in [6.07, 6.45) is 6.42. The zero-order valence-corrected chi connectivity index (χ0v) is 17.6. The molecular formula is C22H29N3O3S. The Bertz CT molecular complexity index is 766. The van der Waals surface area contributed by atoms with Crippen molar-refractivity contribution in [2.45, 2.75) is 32.6 Å². The van der Waals surface area contributed by atoms with Gasteiger partial charge in [-0.25, -0.2) is 0 Å². The number of hydrogen-bond acceptors (Lipinski definition) is 5. The summed E-state index contributed by atoms with van der Waals surface area (Å²) in [5.41, 5.74) is 8.71. The molecule has 156 valence electrons. The molecule has 0 saturated heterocycles. The molecule has 0 aliphatic rings. The second-order valence-electron chi connectivity index (χ2n) is 6.38. The molecule has 2 aromatic carbocycles. The maximum absolute atomic E-state index is 5.73. The van der Waals surface area contributed by atoms with Gasteiger partial charge in [-0.15, -0.1) is 0 Å². The molecule has 0 saturated carbocycles. The number of rotatable bonds is 13. The molecule has 0 radical (unpaired) electrons. The third kappa shape index (κ3) is 9.80. The molecule has 6 nitrogen and oxygen atoms in total. The smallest absolute Gasteiger partial charge is 0.184 e. The largest absolute Gasteiger partial charge is 0.494 e. The molecule has 0 heterocycles. The first-order chi connectivity index (χ1) is 14.2. The summed E-state index contributed by atoms with van der Waals surface area (Å²) >= 11 is 4.69. The van der Waals surface area contributed by atoms with E-state index in [9.17, 15) is 0 Å². The number of nitrogens with two attached hydrogens (primary N) is 1. The van der Waals surface area contributed by atoms with Crippen LogP contribution in [0.3, 0.4) is 0 Å². The second kappa shape index (κ2) is 13.4. The Labute approximate surface area is 178 Å². The Morgan fingerprint density at radius 1 is 0.931 bits per heavy atom. The molecule has 0 aliphatic carbocycles. The monoisotopic (exact) mass is 415 g/mol. The van der Waals surface area contributed by atoms with Crippen LogP contribution in [-0.2, 0) is 0 Å². The fourth-order valence-corrected chi connectivity index (χ4v) is 2.58. The molecule has 0 bridgehead atoms. The van der Waals surface area contributed by atoms with E-state index in [2.05, 4.69) is 17.5 Å². The minimum Gasteiger partial charge on any atom is -0.494 e. The number of nitrogens with zero attached hydrogens (tertiary/aromatic N) is 1. The van der Waals surface area contributed by atoms with E-state index in [-0.39, 0.29) is 5.11 Å². The van der Waals surface area contributed by atoms with Gasteiger partial charge >= 0.3 is 0 Å². The lowest BCUT2D eigenvalue weighted by molar-refractivity contribution is 0.217. The summed E-state index contributed by atoms with van der Waals surface area (Å²) in [6.45, 7) is 3.84. The van der Waals surface area contributed by atoms with Crippen molar-refractivity contribution in [3.8, 4) is 17.2 Å². The molecule has 0 atom stereocenters. The topological polar surface area (TPSA) is 78.1 Å². The summed E-state index contributed by atoms with van der Waals surface area (Å²) in [4.78, 5) is 0. The van der Waals surface area contributed by atoms with Crippen molar-refractivity contribution in [3.63, 3.8) is 0 Å². The van der Waals surface area contributed by atoms with Crippen LogP contribution >= 0.6 is 12.2 Å². The number of ether oxygens (including phenoxy) is 3. The van der Waals surface area contributed by atoms with E-state index in [0.29, 0.717) is 13.2 Å². The molecule has 0 unspecified atom stereocenters. The summed E-state index contributed by atoms with van der Waals surface area (Å²) in [6, 6.07) is 15.2. The quantitative estimate of drug-likeness (QED) is 0.220. The molecule has 29 heavy (non-hydrogen) atoms. The molecule has 2 aromatic rings. The molecule has 0 spiro atoms. The van der Waals surface area contributed by atoms with Crippen LogP contribution in [0.4, 0.5) is 0 Å². The molecule has 0 aromatic heterocycles. The first-order valence-corrected chi connectivity index (χ1v) is 10.2. The van der Waals surface area contributed by atoms with Gasteiger partial charge in [-0.3, -0.25) is 5.43 Å².